The van der Waals surface area contributed by atoms with Gasteiger partial charge in [-0.15, -0.1) is 0 Å². The standard InChI is InChI=1S/C17H27BF6O4/c1-7-14(6,13(4,5)26)12(25)27-11(8-10(2)3)9-15(28-18,16(19,20)21)17(22,23)24/h10-11,26H,7-9H2,1-6H3. The number of aliphatic hydroxyl groups is 1. The lowest BCUT2D eigenvalue weighted by molar-refractivity contribution is -0.363. The summed E-state index contributed by atoms with van der Waals surface area (Å²) in [5.41, 5.74) is -7.88. The average molecular weight is 420 g/mol. The van der Waals surface area contributed by atoms with E-state index in [9.17, 15) is 36.2 Å². The second-order valence-electron chi connectivity index (χ2n) is 8.05. The first kappa shape index (κ1) is 27.0. The van der Waals surface area contributed by atoms with E-state index in [4.69, 9.17) is 4.74 Å². The van der Waals surface area contributed by atoms with Gasteiger partial charge in [-0.25, -0.2) is 0 Å². The summed E-state index contributed by atoms with van der Waals surface area (Å²) in [4.78, 5) is 12.6. The third-order valence-corrected chi connectivity index (χ3v) is 5.15. The van der Waals surface area contributed by atoms with Crippen LogP contribution in [0.15, 0.2) is 0 Å². The van der Waals surface area contributed by atoms with Gasteiger partial charge in [0.2, 0.25) is 5.60 Å². The highest BCUT2D eigenvalue weighted by Crippen LogP contribution is 2.49. The molecule has 0 spiro atoms. The van der Waals surface area contributed by atoms with Gasteiger partial charge in [0.1, 0.15) is 6.10 Å². The Labute approximate surface area is 162 Å². The van der Waals surface area contributed by atoms with Crippen molar-refractivity contribution in [3.8, 4) is 0 Å². The van der Waals surface area contributed by atoms with E-state index in [-0.39, 0.29) is 12.8 Å². The van der Waals surface area contributed by atoms with Crippen molar-refractivity contribution in [3.05, 3.63) is 0 Å². The molecule has 0 saturated heterocycles. The number of esters is 1. The number of halogens is 6. The molecule has 0 amide bonds. The molecule has 0 aliphatic heterocycles. The van der Waals surface area contributed by atoms with Crippen LogP contribution >= 0.6 is 0 Å². The van der Waals surface area contributed by atoms with Crippen LogP contribution in [0.3, 0.4) is 0 Å². The van der Waals surface area contributed by atoms with E-state index < -0.39 is 53.4 Å². The maximum atomic E-state index is 13.3. The van der Waals surface area contributed by atoms with Gasteiger partial charge in [-0.2, -0.15) is 26.3 Å². The van der Waals surface area contributed by atoms with Crippen LogP contribution in [-0.4, -0.2) is 48.8 Å². The molecule has 4 nitrogen and oxygen atoms in total. The molecule has 0 aromatic carbocycles. The molecule has 1 N–H and O–H groups in total. The Hall–Kier alpha value is -0.965. The highest BCUT2D eigenvalue weighted by Gasteiger charge is 2.71. The lowest BCUT2D eigenvalue weighted by Gasteiger charge is -2.41. The van der Waals surface area contributed by atoms with E-state index in [0.29, 0.717) is 0 Å². The third kappa shape index (κ3) is 5.55. The lowest BCUT2D eigenvalue weighted by Crippen LogP contribution is -2.60. The largest absolute Gasteiger partial charge is 0.462 e. The van der Waals surface area contributed by atoms with Gasteiger partial charge in [-0.3, -0.25) is 4.79 Å². The molecule has 0 aliphatic carbocycles. The predicted octanol–water partition coefficient (Wildman–Crippen LogP) is 4.49. The van der Waals surface area contributed by atoms with E-state index in [1.54, 1.807) is 13.8 Å². The van der Waals surface area contributed by atoms with E-state index in [1.165, 1.54) is 27.7 Å². The quantitative estimate of drug-likeness (QED) is 0.340. The first-order valence-electron chi connectivity index (χ1n) is 8.73. The summed E-state index contributed by atoms with van der Waals surface area (Å²) in [7, 11) is 4.45. The van der Waals surface area contributed by atoms with Crippen LogP contribution in [0.1, 0.15) is 60.8 Å². The molecular weight excluding hydrogens is 393 g/mol. The van der Waals surface area contributed by atoms with Crippen LogP contribution in [0.4, 0.5) is 26.3 Å². The van der Waals surface area contributed by atoms with Gasteiger partial charge >= 0.3 is 18.3 Å². The number of carbonyl (C=O) groups excluding carboxylic acids is 1. The van der Waals surface area contributed by atoms with E-state index in [0.717, 1.165) is 0 Å². The van der Waals surface area contributed by atoms with Crippen molar-refractivity contribution in [2.24, 2.45) is 11.3 Å². The molecule has 0 saturated carbocycles. The number of hydrogen-bond acceptors (Lipinski definition) is 4. The number of rotatable bonds is 9. The molecule has 28 heavy (non-hydrogen) atoms. The van der Waals surface area contributed by atoms with Crippen molar-refractivity contribution < 1.29 is 45.6 Å². The molecule has 11 heteroatoms. The van der Waals surface area contributed by atoms with E-state index in [2.05, 4.69) is 12.7 Å². The van der Waals surface area contributed by atoms with E-state index >= 15 is 0 Å². The Bertz CT molecular complexity index is 513. The minimum atomic E-state index is -5.90. The molecule has 2 atom stereocenters. The predicted molar refractivity (Wildman–Crippen MR) is 90.3 cm³/mol. The van der Waals surface area contributed by atoms with Crippen molar-refractivity contribution in [2.75, 3.05) is 0 Å². The summed E-state index contributed by atoms with van der Waals surface area (Å²) in [6, 6.07) is 0. The van der Waals surface area contributed by atoms with Crippen molar-refractivity contribution in [3.63, 3.8) is 0 Å². The number of carbonyl (C=O) groups is 1. The zero-order chi connectivity index (χ0) is 22.8. The summed E-state index contributed by atoms with van der Waals surface area (Å²) in [6.07, 6.45) is -15.6. The van der Waals surface area contributed by atoms with Gasteiger partial charge in [0.25, 0.3) is 8.05 Å². The maximum Gasteiger partial charge on any atom is 0.425 e. The maximum absolute atomic E-state index is 13.3. The molecule has 0 rings (SSSR count). The van der Waals surface area contributed by atoms with Crippen LogP contribution in [0.5, 0.6) is 0 Å². The normalized spacial score (nSPS) is 17.4. The van der Waals surface area contributed by atoms with E-state index in [1.807, 2.05) is 0 Å². The smallest absolute Gasteiger partial charge is 0.425 e. The summed E-state index contributed by atoms with van der Waals surface area (Å²) in [6.45, 7) is 8.54. The Morgan fingerprint density at radius 2 is 1.46 bits per heavy atom. The fraction of sp³-hybridized carbons (Fsp3) is 0.941. The zero-order valence-electron chi connectivity index (χ0n) is 16.8. The van der Waals surface area contributed by atoms with Gasteiger partial charge in [0.05, 0.1) is 11.0 Å². The topological polar surface area (TPSA) is 55.8 Å². The molecule has 2 radical (unpaired) electrons. The van der Waals surface area contributed by atoms with Gasteiger partial charge in [-0.05, 0) is 39.5 Å². The lowest BCUT2D eigenvalue weighted by atomic mass is 9.73. The van der Waals surface area contributed by atoms with Crippen LogP contribution in [-0.2, 0) is 14.2 Å². The minimum absolute atomic E-state index is 0.0425. The minimum Gasteiger partial charge on any atom is -0.462 e. The Morgan fingerprint density at radius 3 is 1.71 bits per heavy atom. The Balaban J connectivity index is 6.04. The second kappa shape index (κ2) is 8.81. The summed E-state index contributed by atoms with van der Waals surface area (Å²) < 4.78 is 88.2. The molecule has 0 heterocycles. The molecule has 0 bridgehead atoms. The highest BCUT2D eigenvalue weighted by atomic mass is 19.4. The SMILES string of the molecule is [B]OC(CC(CC(C)C)OC(=O)C(C)(CC)C(C)(C)O)(C(F)(F)F)C(F)(F)F. The fourth-order valence-corrected chi connectivity index (χ4v) is 2.70. The molecule has 0 aliphatic rings. The van der Waals surface area contributed by atoms with Crippen molar-refractivity contribution in [2.45, 2.75) is 90.5 Å². The monoisotopic (exact) mass is 420 g/mol. The second-order valence-corrected chi connectivity index (χ2v) is 8.05. The fourth-order valence-electron chi connectivity index (χ4n) is 2.70. The van der Waals surface area contributed by atoms with Gasteiger partial charge in [0.15, 0.2) is 0 Å². The number of alkyl halides is 6. The van der Waals surface area contributed by atoms with Crippen molar-refractivity contribution in [1.29, 1.82) is 0 Å². The van der Waals surface area contributed by atoms with Crippen molar-refractivity contribution >= 4 is 14.0 Å². The van der Waals surface area contributed by atoms with Crippen molar-refractivity contribution in [1.82, 2.24) is 0 Å². The van der Waals surface area contributed by atoms with Crippen LogP contribution in [0.2, 0.25) is 0 Å². The van der Waals surface area contributed by atoms with Gasteiger partial charge < -0.3 is 14.5 Å². The van der Waals surface area contributed by atoms with Gasteiger partial charge in [0, 0.05) is 6.42 Å². The average Bonchev–Trinajstić information content (AvgIpc) is 2.46. The van der Waals surface area contributed by atoms with Crippen LogP contribution in [0.25, 0.3) is 0 Å². The first-order chi connectivity index (χ1) is 12.3. The molecular formula is C17H27BF6O4. The summed E-state index contributed by atoms with van der Waals surface area (Å²) in [5.74, 6) is -1.51. The number of hydrogen-bond donors (Lipinski definition) is 1. The molecule has 2 unspecified atom stereocenters. The molecule has 0 fully saturated rings. The first-order valence-corrected chi connectivity index (χ1v) is 8.73. The molecule has 0 aromatic rings. The highest BCUT2D eigenvalue weighted by molar-refractivity contribution is 5.98. The molecule has 164 valence electrons. The zero-order valence-corrected chi connectivity index (χ0v) is 16.8. The van der Waals surface area contributed by atoms with Crippen LogP contribution in [0, 0.1) is 11.3 Å². The third-order valence-electron chi connectivity index (χ3n) is 5.15. The van der Waals surface area contributed by atoms with Gasteiger partial charge in [-0.1, -0.05) is 20.8 Å². The Morgan fingerprint density at radius 1 is 1.04 bits per heavy atom. The summed E-state index contributed by atoms with van der Waals surface area (Å²) in [5, 5.41) is 10.2. The van der Waals surface area contributed by atoms with Crippen LogP contribution < -0.4 is 0 Å². The molecule has 0 aromatic heterocycles. The summed E-state index contributed by atoms with van der Waals surface area (Å²) >= 11 is 0. The Kier molecular flexibility index (Phi) is 8.51. The number of ether oxygens (including phenoxy) is 1.